The van der Waals surface area contributed by atoms with Crippen molar-refractivity contribution in [2.24, 2.45) is 17.2 Å². The zero-order valence-corrected chi connectivity index (χ0v) is 12.4. The van der Waals surface area contributed by atoms with Crippen molar-refractivity contribution in [2.45, 2.75) is 0 Å². The molecule has 1 rings (SSSR count). The van der Waals surface area contributed by atoms with E-state index in [4.69, 9.17) is 42.7 Å². The predicted octanol–water partition coefficient (Wildman–Crippen LogP) is -2.10. The molecule has 9 heteroatoms. The van der Waals surface area contributed by atoms with Crippen molar-refractivity contribution < 1.29 is 30.3 Å². The zero-order chi connectivity index (χ0) is 17.8. The van der Waals surface area contributed by atoms with Crippen LogP contribution < -0.4 is 17.2 Å². The molecule has 11 N–H and O–H groups in total. The van der Waals surface area contributed by atoms with Crippen molar-refractivity contribution in [1.29, 1.82) is 0 Å². The number of aliphatic hydroxyl groups is 3. The average molecular weight is 321 g/mol. The van der Waals surface area contributed by atoms with Crippen LogP contribution in [0, 0.1) is 0 Å². The van der Waals surface area contributed by atoms with E-state index in [9.17, 15) is 4.79 Å². The topological polar surface area (TPSA) is 196 Å². The van der Waals surface area contributed by atoms with E-state index < -0.39 is 5.97 Å². The highest BCUT2D eigenvalue weighted by atomic mass is 16.4. The van der Waals surface area contributed by atoms with Gasteiger partial charge in [0.05, 0.1) is 25.4 Å². The summed E-state index contributed by atoms with van der Waals surface area (Å²) >= 11 is 0. The van der Waals surface area contributed by atoms with Crippen LogP contribution in [0.5, 0.6) is 5.75 Å². The first-order chi connectivity index (χ1) is 10.4. The molecule has 0 heterocycles. The molecule has 22 heavy (non-hydrogen) atoms. The largest absolute Gasteiger partial charge is 0.508 e. The Morgan fingerprint density at radius 3 is 1.27 bits per heavy atom. The molecule has 0 bridgehead atoms. The molecule has 0 aromatic heterocycles. The number of aromatic hydroxyl groups is 1. The predicted molar refractivity (Wildman–Crippen MR) is 83.5 cm³/mol. The monoisotopic (exact) mass is 321 g/mol. The molecule has 0 fully saturated rings. The van der Waals surface area contributed by atoms with Crippen LogP contribution in [0.3, 0.4) is 0 Å². The molecule has 130 valence electrons. The van der Waals surface area contributed by atoms with Gasteiger partial charge in [0.15, 0.2) is 0 Å². The SMILES string of the molecule is NCCO.NCCO.NCCO.O=C(O)c1ccc(O)cc1. The van der Waals surface area contributed by atoms with E-state index in [0.717, 1.165) is 0 Å². The summed E-state index contributed by atoms with van der Waals surface area (Å²) < 4.78 is 0. The summed E-state index contributed by atoms with van der Waals surface area (Å²) in [5.41, 5.74) is 14.5. The Morgan fingerprint density at radius 2 is 1.09 bits per heavy atom. The van der Waals surface area contributed by atoms with Crippen LogP contribution in [0.2, 0.25) is 0 Å². The lowest BCUT2D eigenvalue weighted by Gasteiger charge is -1.92. The van der Waals surface area contributed by atoms with Gasteiger partial charge in [0.2, 0.25) is 0 Å². The highest BCUT2D eigenvalue weighted by Gasteiger charge is 1.99. The van der Waals surface area contributed by atoms with E-state index in [1.807, 2.05) is 0 Å². The number of aliphatic hydroxyl groups excluding tert-OH is 3. The van der Waals surface area contributed by atoms with Gasteiger partial charge in [0.1, 0.15) is 5.75 Å². The van der Waals surface area contributed by atoms with Gasteiger partial charge < -0.3 is 42.7 Å². The number of carbonyl (C=O) groups is 1. The number of carboxylic acid groups (broad SMARTS) is 1. The Morgan fingerprint density at radius 1 is 0.818 bits per heavy atom. The molecule has 0 aliphatic rings. The lowest BCUT2D eigenvalue weighted by molar-refractivity contribution is 0.0697. The lowest BCUT2D eigenvalue weighted by atomic mass is 10.2. The highest BCUT2D eigenvalue weighted by molar-refractivity contribution is 5.87. The van der Waals surface area contributed by atoms with E-state index in [0.29, 0.717) is 19.6 Å². The van der Waals surface area contributed by atoms with Crippen LogP contribution in [0.25, 0.3) is 0 Å². The third-order valence-corrected chi connectivity index (χ3v) is 1.50. The number of rotatable bonds is 4. The van der Waals surface area contributed by atoms with Gasteiger partial charge in [-0.05, 0) is 24.3 Å². The van der Waals surface area contributed by atoms with Crippen molar-refractivity contribution in [2.75, 3.05) is 39.5 Å². The Kier molecular flexibility index (Phi) is 24.7. The van der Waals surface area contributed by atoms with Crippen LogP contribution in [0.4, 0.5) is 0 Å². The molecule has 0 atom stereocenters. The number of hydrogen-bond acceptors (Lipinski definition) is 8. The summed E-state index contributed by atoms with van der Waals surface area (Å²) in [6.45, 7) is 1.42. The average Bonchev–Trinajstić information content (AvgIpc) is 2.56. The standard InChI is InChI=1S/C7H6O3.3C2H7NO/c8-6-3-1-5(2-4-6)7(9)10;3*3-1-2-4/h1-4,8H,(H,9,10);3*4H,1-3H2. The fraction of sp³-hybridized carbons (Fsp3) is 0.462. The Balaban J connectivity index is -0.000000253. The van der Waals surface area contributed by atoms with Crippen LogP contribution in [-0.4, -0.2) is 71.0 Å². The van der Waals surface area contributed by atoms with Crippen molar-refractivity contribution in [1.82, 2.24) is 0 Å². The second-order valence-corrected chi connectivity index (χ2v) is 3.39. The molecule has 9 nitrogen and oxygen atoms in total. The van der Waals surface area contributed by atoms with Gasteiger partial charge in [-0.25, -0.2) is 4.79 Å². The number of aromatic carboxylic acids is 1. The van der Waals surface area contributed by atoms with Gasteiger partial charge in [-0.1, -0.05) is 0 Å². The van der Waals surface area contributed by atoms with Crippen molar-refractivity contribution in [3.05, 3.63) is 29.8 Å². The summed E-state index contributed by atoms with van der Waals surface area (Å²) in [7, 11) is 0. The summed E-state index contributed by atoms with van der Waals surface area (Å²) in [4.78, 5) is 10.2. The van der Waals surface area contributed by atoms with Gasteiger partial charge in [-0.2, -0.15) is 0 Å². The molecule has 0 saturated carbocycles. The van der Waals surface area contributed by atoms with Crippen molar-refractivity contribution >= 4 is 5.97 Å². The minimum absolute atomic E-state index is 0.0741. The van der Waals surface area contributed by atoms with Gasteiger partial charge in [-0.15, -0.1) is 0 Å². The Bertz CT molecular complexity index is 320. The van der Waals surface area contributed by atoms with Crippen LogP contribution >= 0.6 is 0 Å². The lowest BCUT2D eigenvalue weighted by Crippen LogP contribution is -2.02. The highest BCUT2D eigenvalue weighted by Crippen LogP contribution is 2.08. The molecular weight excluding hydrogens is 294 g/mol. The third kappa shape index (κ3) is 23.4. The van der Waals surface area contributed by atoms with Gasteiger partial charge >= 0.3 is 5.97 Å². The number of hydrogen-bond donors (Lipinski definition) is 8. The zero-order valence-electron chi connectivity index (χ0n) is 12.4. The molecule has 1 aromatic carbocycles. The number of phenols is 1. The number of nitrogens with two attached hydrogens (primary N) is 3. The number of carboxylic acids is 1. The van der Waals surface area contributed by atoms with E-state index >= 15 is 0 Å². The first kappa shape index (κ1) is 25.2. The van der Waals surface area contributed by atoms with E-state index in [1.54, 1.807) is 0 Å². The molecule has 1 aromatic rings. The van der Waals surface area contributed by atoms with Crippen molar-refractivity contribution in [3.63, 3.8) is 0 Å². The smallest absolute Gasteiger partial charge is 0.335 e. The van der Waals surface area contributed by atoms with E-state index in [-0.39, 0.29) is 31.1 Å². The minimum Gasteiger partial charge on any atom is -0.508 e. The quantitative estimate of drug-likeness (QED) is 0.306. The maximum Gasteiger partial charge on any atom is 0.335 e. The second kappa shape index (κ2) is 21.5. The maximum atomic E-state index is 10.2. The molecule has 0 amide bonds. The molecular formula is C13H27N3O6. The van der Waals surface area contributed by atoms with Gasteiger partial charge in [0.25, 0.3) is 0 Å². The van der Waals surface area contributed by atoms with Gasteiger partial charge in [0, 0.05) is 19.6 Å². The summed E-state index contributed by atoms with van der Waals surface area (Å²) in [6.07, 6.45) is 0. The molecule has 0 saturated heterocycles. The molecule has 0 aliphatic heterocycles. The fourth-order valence-electron chi connectivity index (χ4n) is 0.604. The summed E-state index contributed by atoms with van der Waals surface area (Å²) in [5, 5.41) is 40.4. The first-order valence-corrected chi connectivity index (χ1v) is 6.40. The Labute approximate surface area is 129 Å². The third-order valence-electron chi connectivity index (χ3n) is 1.50. The molecule has 0 unspecified atom stereocenters. The van der Waals surface area contributed by atoms with Crippen LogP contribution in [0.1, 0.15) is 10.4 Å². The molecule has 0 aliphatic carbocycles. The summed E-state index contributed by atoms with van der Waals surface area (Å²) in [5.74, 6) is -0.912. The van der Waals surface area contributed by atoms with Crippen molar-refractivity contribution in [3.8, 4) is 5.75 Å². The van der Waals surface area contributed by atoms with Gasteiger partial charge in [-0.3, -0.25) is 0 Å². The van der Waals surface area contributed by atoms with Crippen LogP contribution in [-0.2, 0) is 0 Å². The normalized spacial score (nSPS) is 8.27. The fourth-order valence-corrected chi connectivity index (χ4v) is 0.604. The van der Waals surface area contributed by atoms with Crippen LogP contribution in [0.15, 0.2) is 24.3 Å². The van der Waals surface area contributed by atoms with E-state index in [1.165, 1.54) is 24.3 Å². The minimum atomic E-state index is -0.986. The summed E-state index contributed by atoms with van der Waals surface area (Å²) in [6, 6.07) is 5.36. The molecule has 0 spiro atoms. The number of benzene rings is 1. The maximum absolute atomic E-state index is 10.2. The first-order valence-electron chi connectivity index (χ1n) is 6.40. The second-order valence-electron chi connectivity index (χ2n) is 3.39. The number of phenolic OH excluding ortho intramolecular Hbond substituents is 1. The molecule has 0 radical (unpaired) electrons. The Hall–Kier alpha value is -1.75. The van der Waals surface area contributed by atoms with E-state index in [2.05, 4.69) is 0 Å².